The largest absolute Gasteiger partial charge is 0.0847 e. The Morgan fingerprint density at radius 2 is 2.60 bits per heavy atom. The summed E-state index contributed by atoms with van der Waals surface area (Å²) in [5.41, 5.74) is 1.07. The summed E-state index contributed by atoms with van der Waals surface area (Å²) in [5, 5.41) is 0. The first-order chi connectivity index (χ1) is 5.88. The molecule has 0 nitrogen and oxygen atoms in total. The van der Waals surface area contributed by atoms with Crippen molar-refractivity contribution in [2.45, 2.75) is 33.5 Å². The molecule has 0 aromatic heterocycles. The summed E-state index contributed by atoms with van der Waals surface area (Å²) in [5.74, 6) is 0.994. The molecule has 2 aliphatic carbocycles. The predicted molar refractivity (Wildman–Crippen MR) is 43.8 cm³/mol. The Kier molecular flexibility index (Phi) is 0.656. The van der Waals surface area contributed by atoms with Crippen LogP contribution in [0.3, 0.4) is 0 Å². The van der Waals surface area contributed by atoms with E-state index >= 15 is 0 Å². The molecule has 56 valence electrons. The fourth-order valence-electron chi connectivity index (χ4n) is 2.28. The van der Waals surface area contributed by atoms with Crippen LogP contribution in [-0.4, -0.2) is 0 Å². The minimum Gasteiger partial charge on any atom is -0.0847 e. The second kappa shape index (κ2) is 1.66. The lowest BCUT2D eigenvalue weighted by Gasteiger charge is -2.15. The van der Waals surface area contributed by atoms with Crippen molar-refractivity contribution in [1.82, 2.24) is 0 Å². The van der Waals surface area contributed by atoms with Crippen molar-refractivity contribution >= 4 is 0 Å². The highest BCUT2D eigenvalue weighted by atomic mass is 14.6. The lowest BCUT2D eigenvalue weighted by Crippen LogP contribution is -2.08. The molecule has 0 aromatic carbocycles. The van der Waals surface area contributed by atoms with Gasteiger partial charge in [-0.2, -0.15) is 0 Å². The van der Waals surface area contributed by atoms with E-state index in [0.29, 0.717) is 17.3 Å². The zero-order valence-corrected chi connectivity index (χ0v) is 6.65. The number of rotatable bonds is 1. The van der Waals surface area contributed by atoms with Gasteiger partial charge in [-0.15, -0.1) is 0 Å². The third kappa shape index (κ3) is 0.574. The van der Waals surface area contributed by atoms with Gasteiger partial charge in [0.25, 0.3) is 0 Å². The molecule has 10 heavy (non-hydrogen) atoms. The molecular weight excluding hydrogens is 120 g/mol. The first-order valence-electron chi connectivity index (χ1n) is 5.58. The van der Waals surface area contributed by atoms with Gasteiger partial charge in [0.1, 0.15) is 0 Å². The van der Waals surface area contributed by atoms with Gasteiger partial charge in [-0.1, -0.05) is 25.5 Å². The minimum absolute atomic E-state index is 0.337. The van der Waals surface area contributed by atoms with Gasteiger partial charge in [0, 0.05) is 4.11 Å². The molecule has 0 spiro atoms. The summed E-state index contributed by atoms with van der Waals surface area (Å²) in [6, 6.07) is 0. The number of allylic oxidation sites excluding steroid dienone is 2. The maximum Gasteiger partial charge on any atom is 0.0276 e. The van der Waals surface area contributed by atoms with E-state index in [2.05, 4.69) is 13.8 Å². The van der Waals surface area contributed by atoms with E-state index in [1.165, 1.54) is 0 Å². The average Bonchev–Trinajstić information content (AvgIpc) is 2.56. The molecule has 0 heterocycles. The van der Waals surface area contributed by atoms with Crippen LogP contribution in [0, 0.1) is 17.3 Å². The van der Waals surface area contributed by atoms with Crippen molar-refractivity contribution in [3.8, 4) is 0 Å². The van der Waals surface area contributed by atoms with Gasteiger partial charge in [0.2, 0.25) is 0 Å². The maximum absolute atomic E-state index is 7.38. The lowest BCUT2D eigenvalue weighted by atomic mass is 9.89. The molecule has 0 saturated heterocycles. The molecule has 0 aliphatic heterocycles. The minimum atomic E-state index is -1.84. The molecule has 0 amide bonds. The van der Waals surface area contributed by atoms with Crippen molar-refractivity contribution in [2.75, 3.05) is 0 Å². The van der Waals surface area contributed by atoms with Crippen molar-refractivity contribution in [3.05, 3.63) is 11.6 Å². The Morgan fingerprint density at radius 1 is 1.80 bits per heavy atom. The Bertz CT molecular complexity index is 262. The Morgan fingerprint density at radius 3 is 2.90 bits per heavy atom. The van der Waals surface area contributed by atoms with Crippen LogP contribution in [0.4, 0.5) is 0 Å². The molecule has 1 saturated carbocycles. The van der Waals surface area contributed by atoms with Gasteiger partial charge < -0.3 is 0 Å². The van der Waals surface area contributed by atoms with Gasteiger partial charge in [-0.3, -0.25) is 0 Å². The summed E-state index contributed by atoms with van der Waals surface area (Å²) in [4.78, 5) is 0. The Balaban J connectivity index is 2.16. The van der Waals surface area contributed by atoms with Gasteiger partial charge >= 0.3 is 0 Å². The van der Waals surface area contributed by atoms with Crippen LogP contribution in [0.15, 0.2) is 11.6 Å². The number of hydrogen-bond donors (Lipinski definition) is 0. The van der Waals surface area contributed by atoms with E-state index < -0.39 is 6.85 Å². The van der Waals surface area contributed by atoms with Crippen LogP contribution in [-0.2, 0) is 0 Å². The van der Waals surface area contributed by atoms with E-state index in [4.69, 9.17) is 4.11 Å². The fourth-order valence-corrected chi connectivity index (χ4v) is 2.28. The van der Waals surface area contributed by atoms with Gasteiger partial charge in [-0.25, -0.2) is 0 Å². The molecule has 0 N–H and O–H groups in total. The van der Waals surface area contributed by atoms with Gasteiger partial charge in [-0.05, 0) is 36.9 Å². The standard InChI is InChI=1S/C10H16/c1-7(2)10-5-4-8(3)9(10)6-10/h4,7,9H,5-6H2,1-3H3/i3D3. The molecule has 2 unspecified atom stereocenters. The highest BCUT2D eigenvalue weighted by Gasteiger charge is 2.58. The SMILES string of the molecule is [2H]C([2H])([2H])C1=CCC2(C(C)C)CC12. The highest BCUT2D eigenvalue weighted by Crippen LogP contribution is 2.67. The molecule has 2 aliphatic rings. The lowest BCUT2D eigenvalue weighted by molar-refractivity contribution is 0.354. The first kappa shape index (κ1) is 3.94. The van der Waals surface area contributed by atoms with Crippen LogP contribution in [0.5, 0.6) is 0 Å². The Hall–Kier alpha value is -0.260. The molecule has 2 rings (SSSR count). The van der Waals surface area contributed by atoms with Gasteiger partial charge in [0.15, 0.2) is 0 Å². The third-order valence-electron chi connectivity index (χ3n) is 3.35. The van der Waals surface area contributed by atoms with Crippen LogP contribution in [0.2, 0.25) is 0 Å². The first-order valence-corrected chi connectivity index (χ1v) is 4.08. The van der Waals surface area contributed by atoms with Crippen LogP contribution in [0.25, 0.3) is 0 Å². The van der Waals surface area contributed by atoms with E-state index in [1.54, 1.807) is 0 Å². The van der Waals surface area contributed by atoms with Crippen molar-refractivity contribution < 1.29 is 4.11 Å². The number of hydrogen-bond acceptors (Lipinski definition) is 0. The van der Waals surface area contributed by atoms with E-state index in [1.807, 2.05) is 6.08 Å². The molecule has 2 atom stereocenters. The molecular formula is C10H16. The molecule has 1 fully saturated rings. The molecule has 0 aromatic rings. The summed E-state index contributed by atoms with van der Waals surface area (Å²) in [6.07, 6.45) is 4.05. The van der Waals surface area contributed by atoms with Gasteiger partial charge in [0.05, 0.1) is 0 Å². The maximum atomic E-state index is 7.38. The second-order valence-corrected chi connectivity index (χ2v) is 4.01. The topological polar surface area (TPSA) is 0 Å². The Labute approximate surface area is 67.5 Å². The summed E-state index contributed by atoms with van der Waals surface area (Å²) in [6.45, 7) is 2.57. The summed E-state index contributed by atoms with van der Waals surface area (Å²) in [7, 11) is 0. The third-order valence-corrected chi connectivity index (χ3v) is 3.35. The second-order valence-electron chi connectivity index (χ2n) is 4.01. The zero-order chi connectivity index (χ0) is 9.85. The molecule has 0 radical (unpaired) electrons. The summed E-state index contributed by atoms with van der Waals surface area (Å²) < 4.78 is 22.1. The predicted octanol–water partition coefficient (Wildman–Crippen LogP) is 3.00. The van der Waals surface area contributed by atoms with E-state index in [9.17, 15) is 0 Å². The van der Waals surface area contributed by atoms with Crippen molar-refractivity contribution in [2.24, 2.45) is 17.3 Å². The van der Waals surface area contributed by atoms with E-state index in [0.717, 1.165) is 18.4 Å². The van der Waals surface area contributed by atoms with Crippen LogP contribution < -0.4 is 0 Å². The highest BCUT2D eigenvalue weighted by molar-refractivity contribution is 5.28. The normalized spacial score (nSPS) is 49.3. The average molecular weight is 139 g/mol. The monoisotopic (exact) mass is 139 g/mol. The fraction of sp³-hybridized carbons (Fsp3) is 0.800. The zero-order valence-electron chi connectivity index (χ0n) is 9.65. The van der Waals surface area contributed by atoms with Crippen LogP contribution >= 0.6 is 0 Å². The summed E-state index contributed by atoms with van der Waals surface area (Å²) >= 11 is 0. The van der Waals surface area contributed by atoms with E-state index in [-0.39, 0.29) is 0 Å². The molecule has 0 bridgehead atoms. The molecule has 0 heteroatoms. The van der Waals surface area contributed by atoms with Crippen LogP contribution in [0.1, 0.15) is 37.7 Å². The smallest absolute Gasteiger partial charge is 0.0276 e. The quantitative estimate of drug-likeness (QED) is 0.490. The van der Waals surface area contributed by atoms with Crippen molar-refractivity contribution in [1.29, 1.82) is 0 Å². The van der Waals surface area contributed by atoms with Crippen molar-refractivity contribution in [3.63, 3.8) is 0 Å². The number of fused-ring (bicyclic) bond motifs is 1.